The number of halogens is 1. The number of aryl methyl sites for hydroxylation is 1. The molecule has 20 heavy (non-hydrogen) atoms. The van der Waals surface area contributed by atoms with E-state index in [0.717, 1.165) is 23.0 Å². The lowest BCUT2D eigenvalue weighted by molar-refractivity contribution is -0.131. The van der Waals surface area contributed by atoms with Gasteiger partial charge in [-0.1, -0.05) is 6.07 Å². The van der Waals surface area contributed by atoms with E-state index in [9.17, 15) is 9.18 Å². The van der Waals surface area contributed by atoms with E-state index >= 15 is 0 Å². The molecule has 0 spiro atoms. The summed E-state index contributed by atoms with van der Waals surface area (Å²) in [7, 11) is 0. The van der Waals surface area contributed by atoms with Crippen molar-refractivity contribution >= 4 is 12.0 Å². The number of carboxylic acid groups (broad SMARTS) is 1. The largest absolute Gasteiger partial charge is 0.478 e. The van der Waals surface area contributed by atoms with Gasteiger partial charge >= 0.3 is 5.97 Å². The molecule has 1 aromatic carbocycles. The van der Waals surface area contributed by atoms with Gasteiger partial charge in [0.2, 0.25) is 0 Å². The van der Waals surface area contributed by atoms with Gasteiger partial charge in [-0.2, -0.15) is 5.10 Å². The third-order valence-electron chi connectivity index (χ3n) is 3.30. The number of aromatic nitrogens is 2. The molecule has 0 aliphatic rings. The number of carbonyl (C=O) groups is 1. The van der Waals surface area contributed by atoms with Gasteiger partial charge in [0.25, 0.3) is 0 Å². The van der Waals surface area contributed by atoms with Crippen LogP contribution in [0.4, 0.5) is 4.39 Å². The van der Waals surface area contributed by atoms with E-state index in [0.29, 0.717) is 5.69 Å². The fraction of sp³-hybridized carbons (Fsp3) is 0.200. The number of hydrogen-bond donors (Lipinski definition) is 1. The van der Waals surface area contributed by atoms with Gasteiger partial charge in [0.1, 0.15) is 5.82 Å². The SMILES string of the molecule is Cc1nn(-c2cccc(F)c2/C=C/C(=O)O)c(C)c1C. The number of benzene rings is 1. The van der Waals surface area contributed by atoms with Crippen LogP contribution in [0.1, 0.15) is 22.5 Å². The van der Waals surface area contributed by atoms with Crippen LogP contribution in [0.5, 0.6) is 0 Å². The molecule has 0 fully saturated rings. The van der Waals surface area contributed by atoms with Crippen molar-refractivity contribution in [2.45, 2.75) is 20.8 Å². The zero-order valence-corrected chi connectivity index (χ0v) is 11.5. The molecule has 1 aromatic heterocycles. The molecule has 104 valence electrons. The monoisotopic (exact) mass is 274 g/mol. The number of aliphatic carboxylic acids is 1. The zero-order chi connectivity index (χ0) is 14.9. The molecule has 1 N–H and O–H groups in total. The van der Waals surface area contributed by atoms with Gasteiger partial charge in [0, 0.05) is 17.3 Å². The van der Waals surface area contributed by atoms with Gasteiger partial charge < -0.3 is 5.11 Å². The van der Waals surface area contributed by atoms with Gasteiger partial charge in [-0.15, -0.1) is 0 Å². The highest BCUT2D eigenvalue weighted by Crippen LogP contribution is 2.23. The van der Waals surface area contributed by atoms with Crippen LogP contribution in [0, 0.1) is 26.6 Å². The quantitative estimate of drug-likeness (QED) is 0.875. The van der Waals surface area contributed by atoms with Crippen LogP contribution >= 0.6 is 0 Å². The molecule has 0 radical (unpaired) electrons. The van der Waals surface area contributed by atoms with Crippen molar-refractivity contribution < 1.29 is 14.3 Å². The highest BCUT2D eigenvalue weighted by atomic mass is 19.1. The third kappa shape index (κ3) is 2.47. The standard InChI is InChI=1S/C15H15FN2O2/c1-9-10(2)17-18(11(9)3)14-6-4-5-13(16)12(14)7-8-15(19)20/h4-8H,1-3H3,(H,19,20)/b8-7+. The van der Waals surface area contributed by atoms with E-state index in [-0.39, 0.29) is 5.56 Å². The first kappa shape index (κ1) is 14.0. The zero-order valence-electron chi connectivity index (χ0n) is 11.5. The highest BCUT2D eigenvalue weighted by Gasteiger charge is 2.13. The minimum absolute atomic E-state index is 0.209. The molecule has 0 bridgehead atoms. The topological polar surface area (TPSA) is 55.1 Å². The maximum Gasteiger partial charge on any atom is 0.328 e. The average Bonchev–Trinajstić information content (AvgIpc) is 2.64. The number of nitrogens with zero attached hydrogens (tertiary/aromatic N) is 2. The number of carboxylic acids is 1. The molecule has 0 unspecified atom stereocenters. The van der Waals surface area contributed by atoms with E-state index in [4.69, 9.17) is 5.11 Å². The molecule has 0 saturated carbocycles. The Balaban J connectivity index is 2.65. The molecule has 0 amide bonds. The van der Waals surface area contributed by atoms with E-state index in [1.807, 2.05) is 20.8 Å². The van der Waals surface area contributed by atoms with E-state index in [2.05, 4.69) is 5.10 Å². The van der Waals surface area contributed by atoms with Crippen LogP contribution in [-0.2, 0) is 4.79 Å². The molecule has 0 atom stereocenters. The Kier molecular flexibility index (Phi) is 3.70. The third-order valence-corrected chi connectivity index (χ3v) is 3.30. The Morgan fingerprint density at radius 3 is 2.60 bits per heavy atom. The van der Waals surface area contributed by atoms with Crippen molar-refractivity contribution in [3.63, 3.8) is 0 Å². The summed E-state index contributed by atoms with van der Waals surface area (Å²) >= 11 is 0. The first-order chi connectivity index (χ1) is 9.41. The van der Waals surface area contributed by atoms with Crippen LogP contribution in [0.2, 0.25) is 0 Å². The molecule has 5 heteroatoms. The van der Waals surface area contributed by atoms with Crippen LogP contribution < -0.4 is 0 Å². The Hall–Kier alpha value is -2.43. The van der Waals surface area contributed by atoms with Crippen LogP contribution in [0.3, 0.4) is 0 Å². The smallest absolute Gasteiger partial charge is 0.328 e. The summed E-state index contributed by atoms with van der Waals surface area (Å²) in [6, 6.07) is 4.58. The van der Waals surface area contributed by atoms with Gasteiger partial charge in [-0.3, -0.25) is 0 Å². The van der Waals surface area contributed by atoms with Crippen molar-refractivity contribution in [1.29, 1.82) is 0 Å². The lowest BCUT2D eigenvalue weighted by Gasteiger charge is -2.09. The molecular weight excluding hydrogens is 259 g/mol. The number of hydrogen-bond acceptors (Lipinski definition) is 2. The Bertz CT molecular complexity index is 702. The van der Waals surface area contributed by atoms with E-state index in [1.54, 1.807) is 16.8 Å². The normalized spacial score (nSPS) is 11.2. The fourth-order valence-electron chi connectivity index (χ4n) is 1.99. The molecule has 1 heterocycles. The van der Waals surface area contributed by atoms with Crippen molar-refractivity contribution in [3.8, 4) is 5.69 Å². The Labute approximate surface area is 116 Å². The summed E-state index contributed by atoms with van der Waals surface area (Å²) in [6.07, 6.45) is 2.17. The predicted molar refractivity (Wildman–Crippen MR) is 74.4 cm³/mol. The second-order valence-corrected chi connectivity index (χ2v) is 4.55. The molecular formula is C15H15FN2O2. The second-order valence-electron chi connectivity index (χ2n) is 4.55. The molecule has 2 rings (SSSR count). The van der Waals surface area contributed by atoms with Crippen molar-refractivity contribution in [3.05, 3.63) is 52.6 Å². The van der Waals surface area contributed by atoms with Gasteiger partial charge in [-0.05, 0) is 44.5 Å². The fourth-order valence-corrected chi connectivity index (χ4v) is 1.99. The van der Waals surface area contributed by atoms with Crippen LogP contribution in [0.15, 0.2) is 24.3 Å². The van der Waals surface area contributed by atoms with Crippen LogP contribution in [0.25, 0.3) is 11.8 Å². The summed E-state index contributed by atoms with van der Waals surface area (Å²) in [5.74, 6) is -1.60. The van der Waals surface area contributed by atoms with Gasteiger partial charge in [0.15, 0.2) is 0 Å². The van der Waals surface area contributed by atoms with E-state index < -0.39 is 11.8 Å². The van der Waals surface area contributed by atoms with Crippen molar-refractivity contribution in [2.24, 2.45) is 0 Å². The summed E-state index contributed by atoms with van der Waals surface area (Å²) in [5.41, 5.74) is 3.53. The van der Waals surface area contributed by atoms with E-state index in [1.165, 1.54) is 12.1 Å². The lowest BCUT2D eigenvalue weighted by Crippen LogP contribution is -2.03. The van der Waals surface area contributed by atoms with Crippen molar-refractivity contribution in [2.75, 3.05) is 0 Å². The van der Waals surface area contributed by atoms with Crippen LogP contribution in [-0.4, -0.2) is 20.9 Å². The molecule has 2 aromatic rings. The summed E-state index contributed by atoms with van der Waals surface area (Å²) in [6.45, 7) is 5.72. The summed E-state index contributed by atoms with van der Waals surface area (Å²) < 4.78 is 15.6. The van der Waals surface area contributed by atoms with Gasteiger partial charge in [-0.25, -0.2) is 13.9 Å². The average molecular weight is 274 g/mol. The highest BCUT2D eigenvalue weighted by molar-refractivity contribution is 5.86. The first-order valence-electron chi connectivity index (χ1n) is 6.14. The minimum Gasteiger partial charge on any atom is -0.478 e. The molecule has 0 aliphatic heterocycles. The summed E-state index contributed by atoms with van der Waals surface area (Å²) in [5, 5.41) is 13.1. The maximum atomic E-state index is 13.9. The maximum absolute atomic E-state index is 13.9. The second kappa shape index (κ2) is 5.28. The Morgan fingerprint density at radius 1 is 1.35 bits per heavy atom. The molecule has 4 nitrogen and oxygen atoms in total. The van der Waals surface area contributed by atoms with Gasteiger partial charge in [0.05, 0.1) is 11.4 Å². The molecule has 0 saturated heterocycles. The Morgan fingerprint density at radius 2 is 2.05 bits per heavy atom. The first-order valence-corrected chi connectivity index (χ1v) is 6.14. The minimum atomic E-state index is -1.12. The lowest BCUT2D eigenvalue weighted by atomic mass is 10.1. The summed E-state index contributed by atoms with van der Waals surface area (Å²) in [4.78, 5) is 10.6. The molecule has 0 aliphatic carbocycles. The number of rotatable bonds is 3. The van der Waals surface area contributed by atoms with Crippen molar-refractivity contribution in [1.82, 2.24) is 9.78 Å². The predicted octanol–water partition coefficient (Wildman–Crippen LogP) is 3.03.